The van der Waals surface area contributed by atoms with Crippen molar-refractivity contribution in [1.29, 1.82) is 0 Å². The molecule has 5 heteroatoms. The van der Waals surface area contributed by atoms with Gasteiger partial charge in [-0.05, 0) is 24.6 Å². The van der Waals surface area contributed by atoms with Crippen LogP contribution in [0.1, 0.15) is 5.56 Å². The normalized spacial score (nSPS) is 10.8. The molecule has 0 amide bonds. The van der Waals surface area contributed by atoms with Crippen molar-refractivity contribution >= 4 is 23.4 Å². The second-order valence-electron chi connectivity index (χ2n) is 3.65. The minimum Gasteiger partial charge on any atom is -0.330 e. The molecule has 2 aromatic rings. The van der Waals surface area contributed by atoms with Gasteiger partial charge < -0.3 is 5.73 Å². The number of hydrogen-bond acceptors (Lipinski definition) is 3. The molecule has 0 saturated carbocycles. The molecule has 2 N–H and O–H groups in total. The first-order valence-electron chi connectivity index (χ1n) is 5.35. The summed E-state index contributed by atoms with van der Waals surface area (Å²) in [7, 11) is 0. The molecule has 0 atom stereocenters. The zero-order valence-corrected chi connectivity index (χ0v) is 11.1. The summed E-state index contributed by atoms with van der Waals surface area (Å²) in [6, 6.07) is 6.00. The summed E-state index contributed by atoms with van der Waals surface area (Å²) >= 11 is 7.77. The number of aromatic nitrogens is 2. The molecule has 90 valence electrons. The maximum Gasteiger partial charge on any atom is 0.172 e. The molecule has 0 aliphatic carbocycles. The van der Waals surface area contributed by atoms with Crippen LogP contribution in [0.25, 0.3) is 5.69 Å². The van der Waals surface area contributed by atoms with E-state index in [0.29, 0.717) is 6.54 Å². The minimum absolute atomic E-state index is 0.645. The van der Waals surface area contributed by atoms with E-state index in [1.165, 1.54) is 0 Å². The SMILES string of the molecule is Cc1ccc(-n2ccnc2SCCN)cc1Cl. The number of imidazole rings is 1. The van der Waals surface area contributed by atoms with Crippen molar-refractivity contribution in [2.75, 3.05) is 12.3 Å². The minimum atomic E-state index is 0.645. The van der Waals surface area contributed by atoms with Crippen molar-refractivity contribution in [2.24, 2.45) is 5.73 Å². The third-order valence-electron chi connectivity index (χ3n) is 2.39. The average Bonchev–Trinajstić information content (AvgIpc) is 2.78. The molecule has 1 aromatic carbocycles. The third kappa shape index (κ3) is 2.83. The number of rotatable bonds is 4. The van der Waals surface area contributed by atoms with E-state index in [1.807, 2.05) is 35.9 Å². The zero-order valence-electron chi connectivity index (χ0n) is 9.56. The summed E-state index contributed by atoms with van der Waals surface area (Å²) in [6.45, 7) is 2.64. The van der Waals surface area contributed by atoms with Gasteiger partial charge in [0.1, 0.15) is 0 Å². The lowest BCUT2D eigenvalue weighted by Crippen LogP contribution is -2.03. The fourth-order valence-electron chi connectivity index (χ4n) is 1.47. The molecule has 17 heavy (non-hydrogen) atoms. The maximum atomic E-state index is 6.13. The van der Waals surface area contributed by atoms with Crippen molar-refractivity contribution in [1.82, 2.24) is 9.55 Å². The van der Waals surface area contributed by atoms with Crippen LogP contribution >= 0.6 is 23.4 Å². The average molecular weight is 268 g/mol. The molecular formula is C12H14ClN3S. The van der Waals surface area contributed by atoms with E-state index in [4.69, 9.17) is 17.3 Å². The molecule has 0 spiro atoms. The zero-order chi connectivity index (χ0) is 12.3. The van der Waals surface area contributed by atoms with Crippen molar-refractivity contribution < 1.29 is 0 Å². The van der Waals surface area contributed by atoms with Gasteiger partial charge in [-0.1, -0.05) is 29.4 Å². The molecule has 3 nitrogen and oxygen atoms in total. The summed E-state index contributed by atoms with van der Waals surface area (Å²) < 4.78 is 2.02. The predicted molar refractivity (Wildman–Crippen MR) is 73.1 cm³/mol. The van der Waals surface area contributed by atoms with Gasteiger partial charge in [0.2, 0.25) is 0 Å². The van der Waals surface area contributed by atoms with Gasteiger partial charge in [0.15, 0.2) is 5.16 Å². The second-order valence-corrected chi connectivity index (χ2v) is 5.12. The number of nitrogens with zero attached hydrogens (tertiary/aromatic N) is 2. The van der Waals surface area contributed by atoms with Crippen LogP contribution < -0.4 is 5.73 Å². The van der Waals surface area contributed by atoms with Gasteiger partial charge in [0, 0.05) is 35.4 Å². The van der Waals surface area contributed by atoms with Gasteiger partial charge in [-0.25, -0.2) is 4.98 Å². The van der Waals surface area contributed by atoms with E-state index in [1.54, 1.807) is 18.0 Å². The monoisotopic (exact) mass is 267 g/mol. The Bertz CT molecular complexity index is 510. The summed E-state index contributed by atoms with van der Waals surface area (Å²) in [4.78, 5) is 4.31. The van der Waals surface area contributed by atoms with Crippen LogP contribution in [0.2, 0.25) is 5.02 Å². The highest BCUT2D eigenvalue weighted by Gasteiger charge is 2.06. The highest BCUT2D eigenvalue weighted by atomic mass is 35.5. The molecule has 0 fully saturated rings. The smallest absolute Gasteiger partial charge is 0.172 e. The first-order valence-corrected chi connectivity index (χ1v) is 6.71. The molecule has 0 saturated heterocycles. The molecule has 0 aliphatic heterocycles. The Morgan fingerprint density at radius 2 is 2.29 bits per heavy atom. The van der Waals surface area contributed by atoms with Crippen molar-refractivity contribution in [3.8, 4) is 5.69 Å². The lowest BCUT2D eigenvalue weighted by molar-refractivity contribution is 0.893. The predicted octanol–water partition coefficient (Wildman–Crippen LogP) is 2.88. The van der Waals surface area contributed by atoms with Crippen LogP contribution in [-0.4, -0.2) is 21.8 Å². The van der Waals surface area contributed by atoms with E-state index >= 15 is 0 Å². The largest absolute Gasteiger partial charge is 0.330 e. The Morgan fingerprint density at radius 1 is 1.47 bits per heavy atom. The lowest BCUT2D eigenvalue weighted by Gasteiger charge is -2.08. The Kier molecular flexibility index (Phi) is 4.10. The van der Waals surface area contributed by atoms with E-state index in [-0.39, 0.29) is 0 Å². The Hall–Kier alpha value is -0.970. The summed E-state index contributed by atoms with van der Waals surface area (Å²) in [5, 5.41) is 1.71. The van der Waals surface area contributed by atoms with Crippen molar-refractivity contribution in [3.63, 3.8) is 0 Å². The number of benzene rings is 1. The van der Waals surface area contributed by atoms with Gasteiger partial charge >= 0.3 is 0 Å². The number of aryl methyl sites for hydroxylation is 1. The maximum absolute atomic E-state index is 6.13. The summed E-state index contributed by atoms with van der Waals surface area (Å²) in [5.41, 5.74) is 7.60. The van der Waals surface area contributed by atoms with Gasteiger partial charge in [-0.2, -0.15) is 0 Å². The van der Waals surface area contributed by atoms with Crippen LogP contribution in [0.4, 0.5) is 0 Å². The summed E-state index contributed by atoms with van der Waals surface area (Å²) in [5.74, 6) is 0.858. The first kappa shape index (κ1) is 12.5. The number of thioether (sulfide) groups is 1. The van der Waals surface area contributed by atoms with E-state index < -0.39 is 0 Å². The van der Waals surface area contributed by atoms with Crippen LogP contribution in [0.3, 0.4) is 0 Å². The van der Waals surface area contributed by atoms with Crippen LogP contribution in [0, 0.1) is 6.92 Å². The van der Waals surface area contributed by atoms with Gasteiger partial charge in [0.05, 0.1) is 0 Å². The lowest BCUT2D eigenvalue weighted by atomic mass is 10.2. The molecule has 0 bridgehead atoms. The molecule has 1 aromatic heterocycles. The summed E-state index contributed by atoms with van der Waals surface area (Å²) in [6.07, 6.45) is 3.71. The Morgan fingerprint density at radius 3 is 3.00 bits per heavy atom. The van der Waals surface area contributed by atoms with E-state index in [2.05, 4.69) is 4.98 Å². The van der Waals surface area contributed by atoms with Gasteiger partial charge in [0.25, 0.3) is 0 Å². The fraction of sp³-hybridized carbons (Fsp3) is 0.250. The molecule has 0 unspecified atom stereocenters. The first-order chi connectivity index (χ1) is 8.22. The van der Waals surface area contributed by atoms with E-state index in [0.717, 1.165) is 27.2 Å². The van der Waals surface area contributed by atoms with Crippen molar-refractivity contribution in [2.45, 2.75) is 12.1 Å². The molecule has 0 aliphatic rings. The topological polar surface area (TPSA) is 43.8 Å². The van der Waals surface area contributed by atoms with Gasteiger partial charge in [-0.3, -0.25) is 4.57 Å². The molecule has 1 heterocycles. The van der Waals surface area contributed by atoms with Crippen molar-refractivity contribution in [3.05, 3.63) is 41.2 Å². The molecule has 0 radical (unpaired) electrons. The second kappa shape index (κ2) is 5.58. The molecule has 2 rings (SSSR count). The number of halogens is 1. The number of nitrogens with two attached hydrogens (primary N) is 1. The third-order valence-corrected chi connectivity index (χ3v) is 3.80. The van der Waals surface area contributed by atoms with Crippen LogP contribution in [-0.2, 0) is 0 Å². The van der Waals surface area contributed by atoms with Crippen LogP contribution in [0.15, 0.2) is 35.7 Å². The standard InChI is InChI=1S/C12H14ClN3S/c1-9-2-3-10(8-11(9)13)16-6-5-15-12(16)17-7-4-14/h2-3,5-6,8H,4,7,14H2,1H3. The highest BCUT2D eigenvalue weighted by molar-refractivity contribution is 7.99. The Labute approximate surface area is 110 Å². The highest BCUT2D eigenvalue weighted by Crippen LogP contribution is 2.23. The number of hydrogen-bond donors (Lipinski definition) is 1. The molecular weight excluding hydrogens is 254 g/mol. The fourth-order valence-corrected chi connectivity index (χ4v) is 2.39. The van der Waals surface area contributed by atoms with Crippen LogP contribution in [0.5, 0.6) is 0 Å². The van der Waals surface area contributed by atoms with Gasteiger partial charge in [-0.15, -0.1) is 0 Å². The quantitative estimate of drug-likeness (QED) is 0.867. The Balaban J connectivity index is 2.32. The van der Waals surface area contributed by atoms with E-state index in [9.17, 15) is 0 Å².